The Morgan fingerprint density at radius 1 is 1.24 bits per heavy atom. The molecule has 0 atom stereocenters. The molecule has 0 aliphatic heterocycles. The van der Waals surface area contributed by atoms with Crippen molar-refractivity contribution in [3.8, 4) is 0 Å². The maximum absolute atomic E-state index is 12.3. The Morgan fingerprint density at radius 3 is 2.62 bits per heavy atom. The molecule has 2 amide bonds. The van der Waals surface area contributed by atoms with Gasteiger partial charge in [-0.05, 0) is 24.3 Å². The van der Waals surface area contributed by atoms with Gasteiger partial charge < -0.3 is 5.11 Å². The predicted octanol–water partition coefficient (Wildman–Crippen LogP) is 1.97. The predicted molar refractivity (Wildman–Crippen MR) is 85.3 cm³/mol. The van der Waals surface area contributed by atoms with E-state index in [1.165, 1.54) is 4.90 Å². The highest BCUT2D eigenvalue weighted by Crippen LogP contribution is 2.13. The van der Waals surface area contributed by atoms with E-state index in [0.29, 0.717) is 16.2 Å². The van der Waals surface area contributed by atoms with Crippen LogP contribution in [-0.4, -0.2) is 34.3 Å². The molecule has 1 heterocycles. The minimum absolute atomic E-state index is 0.137. The van der Waals surface area contributed by atoms with Crippen molar-refractivity contribution in [1.82, 2.24) is 10.3 Å². The van der Waals surface area contributed by atoms with Crippen molar-refractivity contribution in [3.05, 3.63) is 60.4 Å². The van der Waals surface area contributed by atoms with E-state index >= 15 is 0 Å². The molecular formula is C15H15N3O2S. The van der Waals surface area contributed by atoms with Gasteiger partial charge in [-0.3, -0.25) is 15.2 Å². The Labute approximate surface area is 128 Å². The lowest BCUT2D eigenvalue weighted by Crippen LogP contribution is -2.44. The van der Waals surface area contributed by atoms with Crippen LogP contribution in [0.1, 0.15) is 5.56 Å². The van der Waals surface area contributed by atoms with Crippen molar-refractivity contribution in [2.45, 2.75) is 0 Å². The van der Waals surface area contributed by atoms with Crippen LogP contribution in [-0.2, 0) is 0 Å². The molecule has 0 aliphatic rings. The summed E-state index contributed by atoms with van der Waals surface area (Å²) in [7, 11) is 0. The molecule has 0 aliphatic carbocycles. The van der Waals surface area contributed by atoms with E-state index in [0.717, 1.165) is 0 Å². The van der Waals surface area contributed by atoms with Crippen LogP contribution in [0.25, 0.3) is 0 Å². The molecule has 0 bridgehead atoms. The molecule has 1 aromatic heterocycles. The Balaban J connectivity index is 2.11. The van der Waals surface area contributed by atoms with Crippen LogP contribution in [0.5, 0.6) is 0 Å². The first-order valence-electron chi connectivity index (χ1n) is 6.41. The lowest BCUT2D eigenvalue weighted by molar-refractivity contribution is 0.246. The molecule has 2 rings (SSSR count). The minimum atomic E-state index is -0.385. The third-order valence-electron chi connectivity index (χ3n) is 2.78. The maximum atomic E-state index is 12.3. The topological polar surface area (TPSA) is 65.5 Å². The van der Waals surface area contributed by atoms with Crippen molar-refractivity contribution in [1.29, 1.82) is 0 Å². The molecule has 6 heteroatoms. The Morgan fingerprint density at radius 2 is 2.00 bits per heavy atom. The van der Waals surface area contributed by atoms with Gasteiger partial charge in [-0.15, -0.1) is 0 Å². The first kappa shape index (κ1) is 15.1. The number of hydrogen-bond donors (Lipinski definition) is 2. The van der Waals surface area contributed by atoms with Crippen molar-refractivity contribution >= 4 is 28.9 Å². The third-order valence-corrected chi connectivity index (χ3v) is 3.12. The van der Waals surface area contributed by atoms with Crippen LogP contribution < -0.4 is 10.2 Å². The molecule has 2 aromatic rings. The number of carbonyl (C=O) groups excluding carboxylic acids is 1. The fraction of sp³-hybridized carbons (Fsp3) is 0.133. The summed E-state index contributed by atoms with van der Waals surface area (Å²) in [4.78, 5) is 18.0. The number of nitrogens with zero attached hydrogens (tertiary/aromatic N) is 2. The molecule has 0 radical (unpaired) electrons. The number of thiocarbonyl (C=S) groups is 1. The normalized spacial score (nSPS) is 9.95. The number of urea groups is 1. The number of carbonyl (C=O) groups is 1. The van der Waals surface area contributed by atoms with E-state index in [4.69, 9.17) is 17.3 Å². The van der Waals surface area contributed by atoms with Gasteiger partial charge in [0, 0.05) is 23.6 Å². The second-order valence-corrected chi connectivity index (χ2v) is 4.62. The first-order chi connectivity index (χ1) is 10.2. The SMILES string of the molecule is O=C(NC(=S)c1cccnc1)N(CCO)c1ccccc1. The van der Waals surface area contributed by atoms with E-state index in [1.54, 1.807) is 36.7 Å². The summed E-state index contributed by atoms with van der Waals surface area (Å²) >= 11 is 5.19. The van der Waals surface area contributed by atoms with Crippen LogP contribution in [0.2, 0.25) is 0 Å². The summed E-state index contributed by atoms with van der Waals surface area (Å²) in [6.07, 6.45) is 3.22. The summed E-state index contributed by atoms with van der Waals surface area (Å²) in [6.45, 7) is 0.0491. The number of nitrogens with one attached hydrogen (secondary N) is 1. The van der Waals surface area contributed by atoms with Gasteiger partial charge in [-0.25, -0.2) is 4.79 Å². The summed E-state index contributed by atoms with van der Waals surface area (Å²) in [5.41, 5.74) is 1.36. The van der Waals surface area contributed by atoms with E-state index < -0.39 is 0 Å². The Kier molecular flexibility index (Phi) is 5.36. The van der Waals surface area contributed by atoms with Gasteiger partial charge in [0.25, 0.3) is 0 Å². The number of pyridine rings is 1. The van der Waals surface area contributed by atoms with Crippen LogP contribution >= 0.6 is 12.2 Å². The molecule has 0 saturated heterocycles. The van der Waals surface area contributed by atoms with Crippen molar-refractivity contribution in [2.24, 2.45) is 0 Å². The molecule has 0 fully saturated rings. The molecule has 0 spiro atoms. The minimum Gasteiger partial charge on any atom is -0.395 e. The Hall–Kier alpha value is -2.31. The first-order valence-corrected chi connectivity index (χ1v) is 6.82. The molecule has 0 saturated carbocycles. The van der Waals surface area contributed by atoms with E-state index in [1.807, 2.05) is 18.2 Å². The number of rotatable bonds is 4. The number of amides is 2. The molecule has 108 valence electrons. The highest BCUT2D eigenvalue weighted by atomic mass is 32.1. The lowest BCUT2D eigenvalue weighted by Gasteiger charge is -2.22. The van der Waals surface area contributed by atoms with Crippen LogP contribution in [0.3, 0.4) is 0 Å². The highest BCUT2D eigenvalue weighted by molar-refractivity contribution is 7.80. The second kappa shape index (κ2) is 7.47. The number of aromatic nitrogens is 1. The average molecular weight is 301 g/mol. The summed E-state index contributed by atoms with van der Waals surface area (Å²) < 4.78 is 0. The molecule has 5 nitrogen and oxygen atoms in total. The monoisotopic (exact) mass is 301 g/mol. The zero-order valence-corrected chi connectivity index (χ0v) is 12.1. The van der Waals surface area contributed by atoms with Crippen LogP contribution in [0.15, 0.2) is 54.9 Å². The second-order valence-electron chi connectivity index (χ2n) is 4.21. The van der Waals surface area contributed by atoms with E-state index in [-0.39, 0.29) is 19.2 Å². The molecule has 1 aromatic carbocycles. The molecular weight excluding hydrogens is 286 g/mol. The fourth-order valence-electron chi connectivity index (χ4n) is 1.79. The van der Waals surface area contributed by atoms with Crippen LogP contribution in [0.4, 0.5) is 10.5 Å². The van der Waals surface area contributed by atoms with Gasteiger partial charge in [-0.2, -0.15) is 0 Å². The number of aliphatic hydroxyl groups is 1. The highest BCUT2D eigenvalue weighted by Gasteiger charge is 2.16. The van der Waals surface area contributed by atoms with Crippen molar-refractivity contribution in [2.75, 3.05) is 18.1 Å². The zero-order valence-electron chi connectivity index (χ0n) is 11.3. The van der Waals surface area contributed by atoms with E-state index in [9.17, 15) is 4.79 Å². The van der Waals surface area contributed by atoms with Crippen molar-refractivity contribution < 1.29 is 9.90 Å². The molecule has 21 heavy (non-hydrogen) atoms. The van der Waals surface area contributed by atoms with E-state index in [2.05, 4.69) is 10.3 Å². The van der Waals surface area contributed by atoms with Crippen molar-refractivity contribution in [3.63, 3.8) is 0 Å². The quantitative estimate of drug-likeness (QED) is 0.847. The summed E-state index contributed by atoms with van der Waals surface area (Å²) in [5.74, 6) is 0. The summed E-state index contributed by atoms with van der Waals surface area (Å²) in [6, 6.07) is 12.2. The number of aliphatic hydroxyl groups excluding tert-OH is 1. The lowest BCUT2D eigenvalue weighted by atomic mass is 10.3. The van der Waals surface area contributed by atoms with Gasteiger partial charge in [0.1, 0.15) is 4.99 Å². The number of anilines is 1. The Bertz CT molecular complexity index is 605. The number of para-hydroxylation sites is 1. The maximum Gasteiger partial charge on any atom is 0.327 e. The van der Waals surface area contributed by atoms with Crippen LogP contribution in [0, 0.1) is 0 Å². The third kappa shape index (κ3) is 4.08. The van der Waals surface area contributed by atoms with Gasteiger partial charge in [0.2, 0.25) is 0 Å². The smallest absolute Gasteiger partial charge is 0.327 e. The van der Waals surface area contributed by atoms with Gasteiger partial charge in [-0.1, -0.05) is 30.4 Å². The molecule has 2 N–H and O–H groups in total. The average Bonchev–Trinajstić information content (AvgIpc) is 2.54. The number of hydrogen-bond acceptors (Lipinski definition) is 4. The molecule has 0 unspecified atom stereocenters. The van der Waals surface area contributed by atoms with Gasteiger partial charge in [0.15, 0.2) is 0 Å². The standard InChI is InChI=1S/C15H15N3O2S/c19-10-9-18(13-6-2-1-3-7-13)15(20)17-14(21)12-5-4-8-16-11-12/h1-8,11,19H,9-10H2,(H,17,20,21). The summed E-state index contributed by atoms with van der Waals surface area (Å²) in [5, 5.41) is 11.8. The zero-order chi connectivity index (χ0) is 15.1. The van der Waals surface area contributed by atoms with Gasteiger partial charge in [0.05, 0.1) is 13.2 Å². The number of benzene rings is 1. The largest absolute Gasteiger partial charge is 0.395 e. The van der Waals surface area contributed by atoms with Gasteiger partial charge >= 0.3 is 6.03 Å². The fourth-order valence-corrected chi connectivity index (χ4v) is 2.00.